The smallest absolute Gasteiger partial charge is 0.308 e. The van der Waals surface area contributed by atoms with Crippen LogP contribution in [0.15, 0.2) is 12.2 Å². The highest BCUT2D eigenvalue weighted by Crippen LogP contribution is 2.16. The zero-order valence-electron chi connectivity index (χ0n) is 9.16. The number of carbonyl (C=O) groups excluding carboxylic acids is 1. The van der Waals surface area contributed by atoms with Crippen molar-refractivity contribution in [3.05, 3.63) is 12.2 Å². The van der Waals surface area contributed by atoms with E-state index < -0.39 is 0 Å². The molecule has 1 atom stereocenters. The number of hydrogen-bond acceptors (Lipinski definition) is 2. The molecule has 0 heterocycles. The molecule has 0 amide bonds. The van der Waals surface area contributed by atoms with Crippen LogP contribution in [-0.2, 0) is 9.53 Å². The fourth-order valence-corrected chi connectivity index (χ4v) is 1.54. The predicted molar refractivity (Wildman–Crippen MR) is 56.9 cm³/mol. The second-order valence-corrected chi connectivity index (χ2v) is 4.19. The number of carbonyl (C=O) groups is 1. The fourth-order valence-electron chi connectivity index (χ4n) is 1.54. The average Bonchev–Trinajstić information content (AvgIpc) is 2.08. The first-order valence-corrected chi connectivity index (χ1v) is 5.55. The Morgan fingerprint density at radius 1 is 1.29 bits per heavy atom. The maximum atomic E-state index is 11.4. The third-order valence-electron chi connectivity index (χ3n) is 2.47. The third-order valence-corrected chi connectivity index (χ3v) is 2.47. The van der Waals surface area contributed by atoms with Crippen molar-refractivity contribution in [2.75, 3.05) is 0 Å². The summed E-state index contributed by atoms with van der Waals surface area (Å²) in [6.45, 7) is 3.76. The van der Waals surface area contributed by atoms with E-state index in [0.29, 0.717) is 0 Å². The normalized spacial score (nSPS) is 22.9. The van der Waals surface area contributed by atoms with E-state index in [0.717, 1.165) is 32.1 Å². The Kier molecular flexibility index (Phi) is 4.71. The van der Waals surface area contributed by atoms with Crippen molar-refractivity contribution in [2.45, 2.75) is 52.1 Å². The summed E-state index contributed by atoms with van der Waals surface area (Å²) in [7, 11) is 0. The summed E-state index contributed by atoms with van der Waals surface area (Å²) in [5.74, 6) is -0.0597. The van der Waals surface area contributed by atoms with Gasteiger partial charge in [0.05, 0.1) is 5.92 Å². The third kappa shape index (κ3) is 3.95. The van der Waals surface area contributed by atoms with E-state index in [2.05, 4.69) is 12.2 Å². The van der Waals surface area contributed by atoms with Crippen LogP contribution in [0.25, 0.3) is 0 Å². The van der Waals surface area contributed by atoms with E-state index in [-0.39, 0.29) is 18.0 Å². The second kappa shape index (κ2) is 5.84. The molecule has 0 spiro atoms. The van der Waals surface area contributed by atoms with Crippen molar-refractivity contribution in [1.82, 2.24) is 0 Å². The monoisotopic (exact) mass is 196 g/mol. The van der Waals surface area contributed by atoms with E-state index in [1.165, 1.54) is 0 Å². The molecular weight excluding hydrogens is 176 g/mol. The molecule has 1 unspecified atom stereocenters. The summed E-state index contributed by atoms with van der Waals surface area (Å²) >= 11 is 0. The van der Waals surface area contributed by atoms with E-state index in [4.69, 9.17) is 4.74 Å². The van der Waals surface area contributed by atoms with Gasteiger partial charge < -0.3 is 4.74 Å². The molecule has 80 valence electrons. The van der Waals surface area contributed by atoms with Crippen LogP contribution in [0.5, 0.6) is 0 Å². The lowest BCUT2D eigenvalue weighted by Crippen LogP contribution is -2.21. The standard InChI is InChI=1S/C12H20O2/c1-10(2)12(13)14-11-8-6-4-3-5-7-9-11/h3-4,10-11H,5-9H2,1-2H3. The van der Waals surface area contributed by atoms with E-state index in [9.17, 15) is 4.79 Å². The van der Waals surface area contributed by atoms with Crippen LogP contribution in [0, 0.1) is 5.92 Å². The number of allylic oxidation sites excluding steroid dienone is 2. The Labute approximate surface area is 86.3 Å². The first kappa shape index (κ1) is 11.3. The van der Waals surface area contributed by atoms with Gasteiger partial charge in [0.15, 0.2) is 0 Å². The molecule has 0 fully saturated rings. The van der Waals surface area contributed by atoms with Gasteiger partial charge in [-0.3, -0.25) is 4.79 Å². The quantitative estimate of drug-likeness (QED) is 0.501. The van der Waals surface area contributed by atoms with Gasteiger partial charge in [-0.15, -0.1) is 0 Å². The summed E-state index contributed by atoms with van der Waals surface area (Å²) in [6.07, 6.45) is 9.85. The summed E-state index contributed by atoms with van der Waals surface area (Å²) in [5, 5.41) is 0. The fraction of sp³-hybridized carbons (Fsp3) is 0.750. The summed E-state index contributed by atoms with van der Waals surface area (Å²) in [4.78, 5) is 11.4. The van der Waals surface area contributed by atoms with E-state index in [1.807, 2.05) is 13.8 Å². The molecule has 0 aromatic rings. The number of esters is 1. The number of hydrogen-bond donors (Lipinski definition) is 0. The highest BCUT2D eigenvalue weighted by molar-refractivity contribution is 5.71. The maximum Gasteiger partial charge on any atom is 0.308 e. The Bertz CT molecular complexity index is 206. The van der Waals surface area contributed by atoms with Gasteiger partial charge in [0.2, 0.25) is 0 Å². The Morgan fingerprint density at radius 3 is 2.71 bits per heavy atom. The summed E-state index contributed by atoms with van der Waals surface area (Å²) in [6, 6.07) is 0. The lowest BCUT2D eigenvalue weighted by Gasteiger charge is -2.19. The molecule has 0 aliphatic heterocycles. The highest BCUT2D eigenvalue weighted by Gasteiger charge is 2.16. The zero-order valence-corrected chi connectivity index (χ0v) is 9.16. The van der Waals surface area contributed by atoms with E-state index >= 15 is 0 Å². The lowest BCUT2D eigenvalue weighted by molar-refractivity contribution is -0.153. The summed E-state index contributed by atoms with van der Waals surface area (Å²) < 4.78 is 5.42. The Hall–Kier alpha value is -0.790. The molecule has 0 aromatic heterocycles. The minimum Gasteiger partial charge on any atom is -0.462 e. The molecule has 0 saturated heterocycles. The van der Waals surface area contributed by atoms with Crippen molar-refractivity contribution in [2.24, 2.45) is 5.92 Å². The first-order chi connectivity index (χ1) is 6.70. The Morgan fingerprint density at radius 2 is 2.00 bits per heavy atom. The van der Waals surface area contributed by atoms with Crippen LogP contribution >= 0.6 is 0 Å². The molecule has 0 aromatic carbocycles. The van der Waals surface area contributed by atoms with Crippen molar-refractivity contribution in [3.63, 3.8) is 0 Å². The highest BCUT2D eigenvalue weighted by atomic mass is 16.5. The van der Waals surface area contributed by atoms with Crippen LogP contribution < -0.4 is 0 Å². The van der Waals surface area contributed by atoms with Crippen molar-refractivity contribution in [3.8, 4) is 0 Å². The van der Waals surface area contributed by atoms with Gasteiger partial charge in [0.25, 0.3) is 0 Å². The van der Waals surface area contributed by atoms with Crippen LogP contribution in [0.2, 0.25) is 0 Å². The predicted octanol–water partition coefficient (Wildman–Crippen LogP) is 3.07. The van der Waals surface area contributed by atoms with Crippen LogP contribution in [0.3, 0.4) is 0 Å². The molecule has 2 nitrogen and oxygen atoms in total. The largest absolute Gasteiger partial charge is 0.462 e. The van der Waals surface area contributed by atoms with Gasteiger partial charge in [-0.2, -0.15) is 0 Å². The SMILES string of the molecule is CC(C)C(=O)OC1CCC=CCCC1. The van der Waals surface area contributed by atoms with Gasteiger partial charge in [-0.05, 0) is 32.1 Å². The molecular formula is C12H20O2. The molecule has 1 rings (SSSR count). The Balaban J connectivity index is 2.35. The van der Waals surface area contributed by atoms with Gasteiger partial charge >= 0.3 is 5.97 Å². The molecule has 1 aliphatic carbocycles. The van der Waals surface area contributed by atoms with Crippen molar-refractivity contribution < 1.29 is 9.53 Å². The molecule has 0 N–H and O–H groups in total. The van der Waals surface area contributed by atoms with Gasteiger partial charge in [0.1, 0.15) is 6.10 Å². The molecule has 14 heavy (non-hydrogen) atoms. The van der Waals surface area contributed by atoms with E-state index in [1.54, 1.807) is 0 Å². The minimum absolute atomic E-state index is 0.00372. The minimum atomic E-state index is -0.0560. The topological polar surface area (TPSA) is 26.3 Å². The zero-order chi connectivity index (χ0) is 10.4. The molecule has 0 saturated carbocycles. The maximum absolute atomic E-state index is 11.4. The summed E-state index contributed by atoms with van der Waals surface area (Å²) in [5.41, 5.74) is 0. The first-order valence-electron chi connectivity index (χ1n) is 5.55. The van der Waals surface area contributed by atoms with Crippen molar-refractivity contribution >= 4 is 5.97 Å². The van der Waals surface area contributed by atoms with Crippen molar-refractivity contribution in [1.29, 1.82) is 0 Å². The molecule has 1 aliphatic rings. The average molecular weight is 196 g/mol. The van der Waals surface area contributed by atoms with Gasteiger partial charge in [-0.1, -0.05) is 26.0 Å². The van der Waals surface area contributed by atoms with Crippen LogP contribution in [-0.4, -0.2) is 12.1 Å². The number of ether oxygens (including phenoxy) is 1. The van der Waals surface area contributed by atoms with Gasteiger partial charge in [-0.25, -0.2) is 0 Å². The molecule has 0 radical (unpaired) electrons. The molecule has 0 bridgehead atoms. The van der Waals surface area contributed by atoms with Crippen LogP contribution in [0.4, 0.5) is 0 Å². The van der Waals surface area contributed by atoms with Gasteiger partial charge in [0, 0.05) is 0 Å². The second-order valence-electron chi connectivity index (χ2n) is 4.19. The number of rotatable bonds is 2. The van der Waals surface area contributed by atoms with Crippen LogP contribution in [0.1, 0.15) is 46.0 Å². The molecule has 2 heteroatoms. The lowest BCUT2D eigenvalue weighted by atomic mass is 10.0.